The van der Waals surface area contributed by atoms with Crippen LogP contribution in [0.4, 0.5) is 10.6 Å². The minimum absolute atomic E-state index is 0.128. The first-order valence-corrected chi connectivity index (χ1v) is 9.65. The van der Waals surface area contributed by atoms with Gasteiger partial charge in [0.25, 0.3) is 0 Å². The highest BCUT2D eigenvalue weighted by molar-refractivity contribution is 5.73. The third-order valence-electron chi connectivity index (χ3n) is 4.72. The van der Waals surface area contributed by atoms with Crippen molar-refractivity contribution in [3.63, 3.8) is 0 Å². The lowest BCUT2D eigenvalue weighted by molar-refractivity contribution is 0.192. The topological polar surface area (TPSA) is 69.7 Å². The number of amides is 2. The second kappa shape index (κ2) is 11.7. The Morgan fingerprint density at radius 1 is 1.15 bits per heavy atom. The number of nitrogens with one attached hydrogen (secondary N) is 2. The Hall–Kier alpha value is -1.86. The van der Waals surface area contributed by atoms with Gasteiger partial charge in [-0.2, -0.15) is 0 Å². The lowest BCUT2D eigenvalue weighted by Crippen LogP contribution is -2.46. The molecule has 1 aliphatic heterocycles. The fourth-order valence-corrected chi connectivity index (χ4v) is 3.00. The number of pyridine rings is 1. The van der Waals surface area contributed by atoms with Crippen LogP contribution >= 0.6 is 0 Å². The van der Waals surface area contributed by atoms with Crippen LogP contribution in [0.1, 0.15) is 31.7 Å². The fourth-order valence-electron chi connectivity index (χ4n) is 3.00. The van der Waals surface area contributed by atoms with Gasteiger partial charge in [-0.3, -0.25) is 0 Å². The minimum atomic E-state index is -0.128. The van der Waals surface area contributed by atoms with Crippen LogP contribution in [0.15, 0.2) is 18.3 Å². The average Bonchev–Trinajstić information content (AvgIpc) is 2.69. The molecule has 1 aromatic rings. The van der Waals surface area contributed by atoms with E-state index in [0.29, 0.717) is 13.1 Å². The summed E-state index contributed by atoms with van der Waals surface area (Å²) in [5.41, 5.74) is 1.01. The van der Waals surface area contributed by atoms with Crippen LogP contribution < -0.4 is 15.5 Å². The van der Waals surface area contributed by atoms with Crippen molar-refractivity contribution in [2.24, 2.45) is 0 Å². The highest BCUT2D eigenvalue weighted by Gasteiger charge is 2.16. The summed E-state index contributed by atoms with van der Waals surface area (Å²) in [6, 6.07) is 3.96. The van der Waals surface area contributed by atoms with Gasteiger partial charge in [-0.15, -0.1) is 0 Å². The van der Waals surface area contributed by atoms with Crippen LogP contribution in [0, 0.1) is 0 Å². The van der Waals surface area contributed by atoms with Crippen LogP contribution in [-0.4, -0.2) is 68.9 Å². The lowest BCUT2D eigenvalue weighted by Gasteiger charge is -2.34. The molecule has 7 heteroatoms. The smallest absolute Gasteiger partial charge is 0.315 e. The van der Waals surface area contributed by atoms with Crippen molar-refractivity contribution in [3.8, 4) is 0 Å². The maximum Gasteiger partial charge on any atom is 0.315 e. The van der Waals surface area contributed by atoms with Gasteiger partial charge in [0.15, 0.2) is 0 Å². The quantitative estimate of drug-likeness (QED) is 0.621. The molecule has 26 heavy (non-hydrogen) atoms. The predicted molar refractivity (Wildman–Crippen MR) is 105 cm³/mol. The molecule has 0 spiro atoms. The number of nitrogens with zero attached hydrogens (tertiary/aromatic N) is 3. The molecular formula is C19H33N5O2. The Bertz CT molecular complexity index is 515. The van der Waals surface area contributed by atoms with Gasteiger partial charge in [0, 0.05) is 59.2 Å². The maximum atomic E-state index is 11.8. The summed E-state index contributed by atoms with van der Waals surface area (Å²) in [7, 11) is 1.71. The van der Waals surface area contributed by atoms with E-state index in [2.05, 4.69) is 32.3 Å². The molecule has 0 unspecified atom stereocenters. The molecule has 0 aliphatic carbocycles. The summed E-state index contributed by atoms with van der Waals surface area (Å²) in [6.07, 6.45) is 4.92. The average molecular weight is 364 g/mol. The third kappa shape index (κ3) is 7.17. The van der Waals surface area contributed by atoms with E-state index in [-0.39, 0.29) is 6.03 Å². The van der Waals surface area contributed by atoms with E-state index in [1.807, 2.05) is 18.3 Å². The Kier molecular flexibility index (Phi) is 9.20. The van der Waals surface area contributed by atoms with Gasteiger partial charge in [0.05, 0.1) is 0 Å². The van der Waals surface area contributed by atoms with Crippen molar-refractivity contribution < 1.29 is 9.53 Å². The van der Waals surface area contributed by atoms with Crippen molar-refractivity contribution in [2.45, 2.75) is 32.7 Å². The molecule has 2 N–H and O–H groups in total. The number of methoxy groups -OCH3 is 1. The zero-order chi connectivity index (χ0) is 18.6. The number of carbonyl (C=O) groups excluding carboxylic acids is 1. The number of aromatic nitrogens is 1. The fraction of sp³-hybridized carbons (Fsp3) is 0.684. The molecule has 146 valence electrons. The Labute approximate surface area is 157 Å². The second-order valence-corrected chi connectivity index (χ2v) is 6.61. The normalized spacial score (nSPS) is 15.1. The maximum absolute atomic E-state index is 11.8. The van der Waals surface area contributed by atoms with Crippen LogP contribution in [0.3, 0.4) is 0 Å². The number of piperazine rings is 1. The monoisotopic (exact) mass is 363 g/mol. The van der Waals surface area contributed by atoms with Gasteiger partial charge in [0.1, 0.15) is 5.82 Å². The van der Waals surface area contributed by atoms with Crippen LogP contribution in [0.5, 0.6) is 0 Å². The van der Waals surface area contributed by atoms with Gasteiger partial charge in [0.2, 0.25) is 0 Å². The van der Waals surface area contributed by atoms with Crippen molar-refractivity contribution >= 4 is 11.8 Å². The highest BCUT2D eigenvalue weighted by atomic mass is 16.5. The molecule has 2 rings (SSSR count). The SMILES string of the molecule is CCN1CCN(c2ccc(CNC(=O)NCCCCCOC)cn2)CC1. The van der Waals surface area contributed by atoms with Crippen molar-refractivity contribution in [1.82, 2.24) is 20.5 Å². The molecule has 1 aromatic heterocycles. The van der Waals surface area contributed by atoms with Gasteiger partial charge in [-0.1, -0.05) is 13.0 Å². The number of rotatable bonds is 10. The van der Waals surface area contributed by atoms with Gasteiger partial charge >= 0.3 is 6.03 Å². The Balaban J connectivity index is 1.63. The number of ether oxygens (including phenoxy) is 1. The number of urea groups is 1. The van der Waals surface area contributed by atoms with Gasteiger partial charge in [-0.25, -0.2) is 9.78 Å². The molecule has 1 aliphatic rings. The predicted octanol–water partition coefficient (Wildman–Crippen LogP) is 1.84. The number of hydrogen-bond donors (Lipinski definition) is 2. The van der Waals surface area contributed by atoms with Crippen LogP contribution in [-0.2, 0) is 11.3 Å². The van der Waals surface area contributed by atoms with E-state index in [4.69, 9.17) is 4.74 Å². The molecule has 0 atom stereocenters. The molecule has 0 radical (unpaired) electrons. The molecule has 0 bridgehead atoms. The first-order valence-electron chi connectivity index (χ1n) is 9.65. The lowest BCUT2D eigenvalue weighted by atomic mass is 10.2. The van der Waals surface area contributed by atoms with Gasteiger partial charge < -0.3 is 25.2 Å². The summed E-state index contributed by atoms with van der Waals surface area (Å²) in [6.45, 7) is 9.50. The van der Waals surface area contributed by atoms with E-state index in [1.54, 1.807) is 7.11 Å². The Morgan fingerprint density at radius 3 is 2.62 bits per heavy atom. The molecule has 2 amide bonds. The molecule has 1 fully saturated rings. The summed E-state index contributed by atoms with van der Waals surface area (Å²) in [5.74, 6) is 1.02. The van der Waals surface area contributed by atoms with E-state index in [0.717, 1.165) is 70.0 Å². The Morgan fingerprint density at radius 2 is 1.96 bits per heavy atom. The number of anilines is 1. The number of likely N-dealkylation sites (N-methyl/N-ethyl adjacent to an activating group) is 1. The van der Waals surface area contributed by atoms with Crippen molar-refractivity contribution in [1.29, 1.82) is 0 Å². The third-order valence-corrected chi connectivity index (χ3v) is 4.72. The van der Waals surface area contributed by atoms with E-state index < -0.39 is 0 Å². The first kappa shape index (κ1) is 20.5. The van der Waals surface area contributed by atoms with Crippen molar-refractivity contribution in [3.05, 3.63) is 23.9 Å². The number of carbonyl (C=O) groups is 1. The molecule has 2 heterocycles. The number of unbranched alkanes of at least 4 members (excludes halogenated alkanes) is 2. The van der Waals surface area contributed by atoms with E-state index >= 15 is 0 Å². The van der Waals surface area contributed by atoms with Crippen LogP contribution in [0.2, 0.25) is 0 Å². The molecule has 7 nitrogen and oxygen atoms in total. The minimum Gasteiger partial charge on any atom is -0.385 e. The van der Waals surface area contributed by atoms with Gasteiger partial charge in [-0.05, 0) is 37.4 Å². The second-order valence-electron chi connectivity index (χ2n) is 6.61. The summed E-state index contributed by atoms with van der Waals surface area (Å²) in [4.78, 5) is 21.1. The molecule has 0 saturated carbocycles. The standard InChI is InChI=1S/C19H33N5O2/c1-3-23-10-12-24(13-11-23)18-8-7-17(15-21-18)16-22-19(25)20-9-5-4-6-14-26-2/h7-8,15H,3-6,9-14,16H2,1-2H3,(H2,20,22,25). The first-order chi connectivity index (χ1) is 12.7. The number of hydrogen-bond acceptors (Lipinski definition) is 5. The summed E-state index contributed by atoms with van der Waals surface area (Å²) >= 11 is 0. The largest absolute Gasteiger partial charge is 0.385 e. The molecule has 0 aromatic carbocycles. The summed E-state index contributed by atoms with van der Waals surface area (Å²) < 4.78 is 5.00. The molecule has 1 saturated heterocycles. The van der Waals surface area contributed by atoms with E-state index in [9.17, 15) is 4.79 Å². The molecular weight excluding hydrogens is 330 g/mol. The summed E-state index contributed by atoms with van der Waals surface area (Å²) in [5, 5.41) is 5.76. The zero-order valence-electron chi connectivity index (χ0n) is 16.2. The van der Waals surface area contributed by atoms with E-state index in [1.165, 1.54) is 0 Å². The van der Waals surface area contributed by atoms with Crippen LogP contribution in [0.25, 0.3) is 0 Å². The highest BCUT2D eigenvalue weighted by Crippen LogP contribution is 2.14. The zero-order valence-corrected chi connectivity index (χ0v) is 16.2. The van der Waals surface area contributed by atoms with Crippen molar-refractivity contribution in [2.75, 3.05) is 57.9 Å².